The molecular formula is C9H13Cl. The summed E-state index contributed by atoms with van der Waals surface area (Å²) in [6.45, 7) is 4.42. The summed E-state index contributed by atoms with van der Waals surface area (Å²) >= 11 is 5.85. The van der Waals surface area contributed by atoms with Gasteiger partial charge in [0.1, 0.15) is 0 Å². The maximum atomic E-state index is 5.85. The van der Waals surface area contributed by atoms with E-state index >= 15 is 0 Å². The number of halogens is 1. The molecule has 0 radical (unpaired) electrons. The van der Waals surface area contributed by atoms with E-state index in [9.17, 15) is 0 Å². The zero-order chi connectivity index (χ0) is 7.56. The third-order valence-corrected chi connectivity index (χ3v) is 2.30. The van der Waals surface area contributed by atoms with Gasteiger partial charge in [0, 0.05) is 5.03 Å². The number of hydrogen-bond donors (Lipinski definition) is 0. The van der Waals surface area contributed by atoms with Gasteiger partial charge in [-0.05, 0) is 24.8 Å². The van der Waals surface area contributed by atoms with E-state index < -0.39 is 0 Å². The molecule has 0 aromatic heterocycles. The molecule has 1 heteroatoms. The molecule has 0 nitrogen and oxygen atoms in total. The second-order valence-electron chi connectivity index (χ2n) is 2.81. The quantitative estimate of drug-likeness (QED) is 0.545. The highest BCUT2D eigenvalue weighted by molar-refractivity contribution is 6.29. The summed E-state index contributed by atoms with van der Waals surface area (Å²) in [6.07, 6.45) is 6.35. The van der Waals surface area contributed by atoms with Crippen LogP contribution in [0.1, 0.15) is 26.7 Å². The monoisotopic (exact) mass is 156 g/mol. The fraction of sp³-hybridized carbons (Fsp3) is 0.556. The van der Waals surface area contributed by atoms with Crippen molar-refractivity contribution in [3.63, 3.8) is 0 Å². The molecule has 1 aliphatic carbocycles. The Labute approximate surface area is 67.6 Å². The van der Waals surface area contributed by atoms with Crippen molar-refractivity contribution in [2.45, 2.75) is 26.7 Å². The van der Waals surface area contributed by atoms with Crippen molar-refractivity contribution < 1.29 is 0 Å². The first-order valence-corrected chi connectivity index (χ1v) is 4.17. The molecule has 0 bridgehead atoms. The maximum Gasteiger partial charge on any atom is 0.0186 e. The number of rotatable bonds is 1. The van der Waals surface area contributed by atoms with Crippen LogP contribution >= 0.6 is 11.6 Å². The highest BCUT2D eigenvalue weighted by atomic mass is 35.5. The molecule has 0 spiro atoms. The highest BCUT2D eigenvalue weighted by Crippen LogP contribution is 2.28. The summed E-state index contributed by atoms with van der Waals surface area (Å²) < 4.78 is 0. The van der Waals surface area contributed by atoms with Crippen LogP contribution in [0.4, 0.5) is 0 Å². The Balaban J connectivity index is 2.71. The van der Waals surface area contributed by atoms with Gasteiger partial charge in [-0.3, -0.25) is 0 Å². The zero-order valence-corrected chi connectivity index (χ0v) is 7.28. The lowest BCUT2D eigenvalue weighted by atomic mass is 9.92. The van der Waals surface area contributed by atoms with Gasteiger partial charge in [-0.1, -0.05) is 37.1 Å². The van der Waals surface area contributed by atoms with E-state index in [1.54, 1.807) is 0 Å². The first-order chi connectivity index (χ1) is 4.74. The minimum Gasteiger partial charge on any atom is -0.0891 e. The molecule has 1 rings (SSSR count). The normalized spacial score (nSPS) is 25.7. The molecule has 56 valence electrons. The lowest BCUT2D eigenvalue weighted by Crippen LogP contribution is -2.01. The van der Waals surface area contributed by atoms with Crippen molar-refractivity contribution in [2.24, 2.45) is 5.92 Å². The van der Waals surface area contributed by atoms with Crippen LogP contribution in [0.2, 0.25) is 0 Å². The summed E-state index contributed by atoms with van der Waals surface area (Å²) in [5.74, 6) is 0.655. The van der Waals surface area contributed by atoms with Crippen LogP contribution in [0.15, 0.2) is 22.8 Å². The second-order valence-corrected chi connectivity index (χ2v) is 3.30. The second kappa shape index (κ2) is 3.25. The SMILES string of the molecule is CCC1=CC=C(Cl)CC1C. The molecule has 1 aliphatic rings. The molecule has 1 atom stereocenters. The molecule has 0 amide bonds. The third-order valence-electron chi connectivity index (χ3n) is 2.02. The Kier molecular flexibility index (Phi) is 2.56. The predicted octanol–water partition coefficient (Wildman–Crippen LogP) is 3.49. The predicted molar refractivity (Wildman–Crippen MR) is 46.1 cm³/mol. The minimum atomic E-state index is 0.655. The maximum absolute atomic E-state index is 5.85. The Morgan fingerprint density at radius 2 is 2.30 bits per heavy atom. The summed E-state index contributed by atoms with van der Waals surface area (Å²) in [5, 5.41) is 0.990. The van der Waals surface area contributed by atoms with Crippen molar-refractivity contribution in [1.82, 2.24) is 0 Å². The molecule has 0 saturated heterocycles. The first kappa shape index (κ1) is 7.87. The van der Waals surface area contributed by atoms with Gasteiger partial charge in [0.25, 0.3) is 0 Å². The van der Waals surface area contributed by atoms with Gasteiger partial charge < -0.3 is 0 Å². The average molecular weight is 157 g/mol. The van der Waals surface area contributed by atoms with E-state index in [1.807, 2.05) is 6.08 Å². The molecule has 0 N–H and O–H groups in total. The van der Waals surface area contributed by atoms with Crippen molar-refractivity contribution >= 4 is 11.6 Å². The molecule has 0 aromatic rings. The molecule has 0 aromatic carbocycles. The lowest BCUT2D eigenvalue weighted by molar-refractivity contribution is 0.654. The van der Waals surface area contributed by atoms with Gasteiger partial charge in [0.2, 0.25) is 0 Å². The molecule has 0 fully saturated rings. The Morgan fingerprint density at radius 3 is 2.80 bits per heavy atom. The van der Waals surface area contributed by atoms with E-state index in [2.05, 4.69) is 19.9 Å². The molecule has 10 heavy (non-hydrogen) atoms. The number of hydrogen-bond acceptors (Lipinski definition) is 0. The van der Waals surface area contributed by atoms with Crippen LogP contribution in [0, 0.1) is 5.92 Å². The minimum absolute atomic E-state index is 0.655. The van der Waals surface area contributed by atoms with Gasteiger partial charge in [-0.25, -0.2) is 0 Å². The Bertz CT molecular complexity index is 177. The Hall–Kier alpha value is -0.230. The van der Waals surface area contributed by atoms with E-state index in [0.717, 1.165) is 17.9 Å². The van der Waals surface area contributed by atoms with Crippen molar-refractivity contribution in [2.75, 3.05) is 0 Å². The Morgan fingerprint density at radius 1 is 1.60 bits per heavy atom. The summed E-state index contributed by atoms with van der Waals surface area (Å²) in [6, 6.07) is 0. The van der Waals surface area contributed by atoms with Gasteiger partial charge in [0.15, 0.2) is 0 Å². The third kappa shape index (κ3) is 1.63. The smallest absolute Gasteiger partial charge is 0.0186 e. The molecular weight excluding hydrogens is 144 g/mol. The van der Waals surface area contributed by atoms with Crippen LogP contribution in [-0.2, 0) is 0 Å². The molecule has 0 saturated carbocycles. The van der Waals surface area contributed by atoms with Crippen LogP contribution in [-0.4, -0.2) is 0 Å². The van der Waals surface area contributed by atoms with Crippen molar-refractivity contribution in [1.29, 1.82) is 0 Å². The summed E-state index contributed by atoms with van der Waals surface area (Å²) in [5.41, 5.74) is 1.52. The van der Waals surface area contributed by atoms with Crippen molar-refractivity contribution in [3.8, 4) is 0 Å². The molecule has 1 unspecified atom stereocenters. The fourth-order valence-electron chi connectivity index (χ4n) is 1.32. The van der Waals surface area contributed by atoms with E-state index in [4.69, 9.17) is 11.6 Å². The van der Waals surface area contributed by atoms with E-state index in [-0.39, 0.29) is 0 Å². The largest absolute Gasteiger partial charge is 0.0891 e. The van der Waals surface area contributed by atoms with Crippen LogP contribution in [0.3, 0.4) is 0 Å². The zero-order valence-electron chi connectivity index (χ0n) is 6.52. The van der Waals surface area contributed by atoms with Gasteiger partial charge >= 0.3 is 0 Å². The van der Waals surface area contributed by atoms with E-state index in [1.165, 1.54) is 5.57 Å². The fourth-order valence-corrected chi connectivity index (χ4v) is 1.61. The average Bonchev–Trinajstić information content (AvgIpc) is 1.88. The van der Waals surface area contributed by atoms with Crippen LogP contribution in [0.5, 0.6) is 0 Å². The molecule has 0 aliphatic heterocycles. The number of allylic oxidation sites excluding steroid dienone is 4. The van der Waals surface area contributed by atoms with Crippen LogP contribution < -0.4 is 0 Å². The summed E-state index contributed by atoms with van der Waals surface area (Å²) in [4.78, 5) is 0. The topological polar surface area (TPSA) is 0 Å². The standard InChI is InChI=1S/C9H13Cl/c1-3-8-4-5-9(10)6-7(8)2/h4-5,7H,3,6H2,1-2H3. The summed E-state index contributed by atoms with van der Waals surface area (Å²) in [7, 11) is 0. The van der Waals surface area contributed by atoms with Crippen molar-refractivity contribution in [3.05, 3.63) is 22.8 Å². The van der Waals surface area contributed by atoms with Crippen LogP contribution in [0.25, 0.3) is 0 Å². The highest BCUT2D eigenvalue weighted by Gasteiger charge is 2.11. The van der Waals surface area contributed by atoms with Gasteiger partial charge in [0.05, 0.1) is 0 Å². The first-order valence-electron chi connectivity index (χ1n) is 3.79. The van der Waals surface area contributed by atoms with E-state index in [0.29, 0.717) is 5.92 Å². The van der Waals surface area contributed by atoms with Gasteiger partial charge in [-0.15, -0.1) is 0 Å². The molecule has 0 heterocycles. The lowest BCUT2D eigenvalue weighted by Gasteiger charge is -2.17. The van der Waals surface area contributed by atoms with Gasteiger partial charge in [-0.2, -0.15) is 0 Å².